The van der Waals surface area contributed by atoms with E-state index in [-0.39, 0.29) is 16.4 Å². The van der Waals surface area contributed by atoms with Gasteiger partial charge < -0.3 is 9.57 Å². The highest BCUT2D eigenvalue weighted by molar-refractivity contribution is 6.32. The van der Waals surface area contributed by atoms with Crippen LogP contribution in [0.3, 0.4) is 0 Å². The van der Waals surface area contributed by atoms with Crippen molar-refractivity contribution in [3.63, 3.8) is 0 Å². The molecule has 0 fully saturated rings. The number of oxime groups is 1. The summed E-state index contributed by atoms with van der Waals surface area (Å²) < 4.78 is 5.53. The summed E-state index contributed by atoms with van der Waals surface area (Å²) in [4.78, 5) is 27.4. The van der Waals surface area contributed by atoms with Crippen molar-refractivity contribution in [3.05, 3.63) is 68.7 Å². The molecule has 0 heterocycles. The predicted molar refractivity (Wildman–Crippen MR) is 107 cm³/mol. The van der Waals surface area contributed by atoms with Gasteiger partial charge in [0.2, 0.25) is 0 Å². The molecule has 8 nitrogen and oxygen atoms in total. The van der Waals surface area contributed by atoms with Gasteiger partial charge in [0.1, 0.15) is 17.7 Å². The minimum absolute atomic E-state index is 0.0193. The summed E-state index contributed by atoms with van der Waals surface area (Å²) in [5, 5.41) is 17.3. The number of carbonyl (C=O) groups is 1. The Hall–Kier alpha value is -3.13. The van der Waals surface area contributed by atoms with Crippen molar-refractivity contribution in [2.45, 2.75) is 26.4 Å². The lowest BCUT2D eigenvalue weighted by Gasteiger charge is -2.26. The zero-order chi connectivity index (χ0) is 20.9. The second kappa shape index (κ2) is 8.71. The summed E-state index contributed by atoms with van der Waals surface area (Å²) in [6.45, 7) is 5.27. The SMILES string of the molecule is CO/N=C(\C)c1cccc(C(C)(C)OC(=O)Nc2ccc(Cl)c([N+](=O)[O-])c2)c1. The molecular weight excluding hydrogens is 386 g/mol. The second-order valence-electron chi connectivity index (χ2n) is 6.39. The molecule has 1 amide bonds. The number of hydrogen-bond acceptors (Lipinski definition) is 6. The summed E-state index contributed by atoms with van der Waals surface area (Å²) in [7, 11) is 1.46. The Balaban J connectivity index is 2.17. The third-order valence-electron chi connectivity index (χ3n) is 3.94. The Kier molecular flexibility index (Phi) is 6.58. The summed E-state index contributed by atoms with van der Waals surface area (Å²) >= 11 is 5.77. The normalized spacial score (nSPS) is 11.7. The first-order valence-corrected chi connectivity index (χ1v) is 8.64. The van der Waals surface area contributed by atoms with Gasteiger partial charge in [0.05, 0.1) is 16.3 Å². The third-order valence-corrected chi connectivity index (χ3v) is 4.26. The van der Waals surface area contributed by atoms with Gasteiger partial charge in [-0.3, -0.25) is 15.4 Å². The molecular formula is C19H20ClN3O5. The van der Waals surface area contributed by atoms with E-state index >= 15 is 0 Å². The van der Waals surface area contributed by atoms with Crippen molar-refractivity contribution in [2.75, 3.05) is 12.4 Å². The average molecular weight is 406 g/mol. The number of nitro benzene ring substituents is 1. The smallest absolute Gasteiger partial charge is 0.412 e. The molecule has 0 aliphatic rings. The summed E-state index contributed by atoms with van der Waals surface area (Å²) in [6.07, 6.45) is -0.755. The lowest BCUT2D eigenvalue weighted by atomic mass is 9.95. The number of nitrogens with one attached hydrogen (secondary N) is 1. The van der Waals surface area contributed by atoms with Gasteiger partial charge in [-0.05, 0) is 50.1 Å². The molecule has 0 atom stereocenters. The fourth-order valence-corrected chi connectivity index (χ4v) is 2.66. The van der Waals surface area contributed by atoms with Crippen molar-refractivity contribution < 1.29 is 19.3 Å². The Bertz CT molecular complexity index is 928. The van der Waals surface area contributed by atoms with Crippen LogP contribution >= 0.6 is 11.6 Å². The van der Waals surface area contributed by atoms with Gasteiger partial charge >= 0.3 is 6.09 Å². The average Bonchev–Trinajstić information content (AvgIpc) is 2.63. The Morgan fingerprint density at radius 2 is 1.96 bits per heavy atom. The largest absolute Gasteiger partial charge is 0.438 e. The highest BCUT2D eigenvalue weighted by Gasteiger charge is 2.26. The van der Waals surface area contributed by atoms with E-state index in [4.69, 9.17) is 21.2 Å². The van der Waals surface area contributed by atoms with Crippen molar-refractivity contribution >= 4 is 34.8 Å². The molecule has 2 aromatic rings. The van der Waals surface area contributed by atoms with E-state index in [1.54, 1.807) is 20.8 Å². The first-order valence-electron chi connectivity index (χ1n) is 8.26. The number of rotatable bonds is 6. The zero-order valence-electron chi connectivity index (χ0n) is 15.9. The zero-order valence-corrected chi connectivity index (χ0v) is 16.6. The van der Waals surface area contributed by atoms with Gasteiger partial charge in [0, 0.05) is 6.07 Å². The maximum Gasteiger partial charge on any atom is 0.412 e. The standard InChI is InChI=1S/C19H20ClN3O5/c1-12(22-27-4)13-6-5-7-14(10-13)19(2,3)28-18(24)21-15-8-9-16(20)17(11-15)23(25)26/h5-11H,1-4H3,(H,21,24)/b22-12+. The highest BCUT2D eigenvalue weighted by atomic mass is 35.5. The van der Waals surface area contributed by atoms with Crippen molar-refractivity contribution in [1.82, 2.24) is 0 Å². The van der Waals surface area contributed by atoms with Gasteiger partial charge in [0.25, 0.3) is 5.69 Å². The number of carbonyl (C=O) groups excluding carboxylic acids is 1. The molecule has 1 N–H and O–H groups in total. The number of hydrogen-bond donors (Lipinski definition) is 1. The van der Waals surface area contributed by atoms with E-state index in [0.29, 0.717) is 5.71 Å². The van der Waals surface area contributed by atoms with E-state index in [2.05, 4.69) is 10.5 Å². The van der Waals surface area contributed by atoms with Crippen LogP contribution in [0.4, 0.5) is 16.2 Å². The fraction of sp³-hybridized carbons (Fsp3) is 0.263. The number of ether oxygens (including phenoxy) is 1. The minimum Gasteiger partial charge on any atom is -0.438 e. The Morgan fingerprint density at radius 3 is 2.61 bits per heavy atom. The number of anilines is 1. The van der Waals surface area contributed by atoms with Crippen LogP contribution in [0.25, 0.3) is 0 Å². The molecule has 9 heteroatoms. The number of nitro groups is 1. The monoisotopic (exact) mass is 405 g/mol. The van der Waals surface area contributed by atoms with Crippen LogP contribution in [0.5, 0.6) is 0 Å². The molecule has 0 aromatic heterocycles. The van der Waals surface area contributed by atoms with Gasteiger partial charge in [-0.2, -0.15) is 0 Å². The highest BCUT2D eigenvalue weighted by Crippen LogP contribution is 2.29. The van der Waals surface area contributed by atoms with Crippen LogP contribution in [0.1, 0.15) is 31.9 Å². The lowest BCUT2D eigenvalue weighted by Crippen LogP contribution is -2.28. The van der Waals surface area contributed by atoms with Crippen LogP contribution in [0.2, 0.25) is 5.02 Å². The minimum atomic E-state index is -0.966. The van der Waals surface area contributed by atoms with E-state index < -0.39 is 16.6 Å². The summed E-state index contributed by atoms with van der Waals surface area (Å²) in [6, 6.07) is 11.3. The molecule has 0 unspecified atom stereocenters. The second-order valence-corrected chi connectivity index (χ2v) is 6.80. The van der Waals surface area contributed by atoms with Crippen molar-refractivity contribution in [1.29, 1.82) is 0 Å². The maximum atomic E-state index is 12.3. The van der Waals surface area contributed by atoms with Gasteiger partial charge in [-0.1, -0.05) is 35.0 Å². The van der Waals surface area contributed by atoms with Crippen LogP contribution in [-0.2, 0) is 15.2 Å². The van der Waals surface area contributed by atoms with Crippen LogP contribution in [0.15, 0.2) is 47.6 Å². The third kappa shape index (κ3) is 5.20. The molecule has 0 saturated heterocycles. The quantitative estimate of drug-likeness (QED) is 0.409. The number of amides is 1. The molecule has 0 saturated carbocycles. The van der Waals surface area contributed by atoms with E-state index in [1.165, 1.54) is 25.3 Å². The molecule has 0 aliphatic heterocycles. The van der Waals surface area contributed by atoms with Crippen molar-refractivity contribution in [2.24, 2.45) is 5.16 Å². The number of halogens is 1. The van der Waals surface area contributed by atoms with E-state index in [1.807, 2.05) is 24.3 Å². The predicted octanol–water partition coefficient (Wildman–Crippen LogP) is 5.10. The molecule has 0 radical (unpaired) electrons. The topological polar surface area (TPSA) is 103 Å². The van der Waals surface area contributed by atoms with E-state index in [9.17, 15) is 14.9 Å². The molecule has 148 valence electrons. The molecule has 0 aliphatic carbocycles. The molecule has 0 bridgehead atoms. The Morgan fingerprint density at radius 1 is 1.25 bits per heavy atom. The van der Waals surface area contributed by atoms with Crippen molar-refractivity contribution in [3.8, 4) is 0 Å². The summed E-state index contributed by atoms with van der Waals surface area (Å²) in [5.74, 6) is 0. The van der Waals surface area contributed by atoms with Gasteiger partial charge in [-0.25, -0.2) is 4.79 Å². The molecule has 28 heavy (non-hydrogen) atoms. The lowest BCUT2D eigenvalue weighted by molar-refractivity contribution is -0.384. The molecule has 2 rings (SSSR count). The van der Waals surface area contributed by atoms with Crippen LogP contribution < -0.4 is 5.32 Å². The van der Waals surface area contributed by atoms with Crippen LogP contribution in [-0.4, -0.2) is 23.8 Å². The first-order chi connectivity index (χ1) is 13.1. The van der Waals surface area contributed by atoms with Crippen LogP contribution in [0, 0.1) is 10.1 Å². The maximum absolute atomic E-state index is 12.3. The number of nitrogens with zero attached hydrogens (tertiary/aromatic N) is 2. The van der Waals surface area contributed by atoms with Gasteiger partial charge in [-0.15, -0.1) is 0 Å². The molecule has 0 spiro atoms. The first kappa shape index (κ1) is 21.2. The van der Waals surface area contributed by atoms with Gasteiger partial charge in [0.15, 0.2) is 0 Å². The fourth-order valence-electron chi connectivity index (χ4n) is 2.47. The summed E-state index contributed by atoms with van der Waals surface area (Å²) in [5.41, 5.74) is 1.18. The Labute approximate surface area is 167 Å². The molecule has 2 aromatic carbocycles. The van der Waals surface area contributed by atoms with E-state index in [0.717, 1.165) is 11.1 Å². The number of benzene rings is 2.